The van der Waals surface area contributed by atoms with E-state index < -0.39 is 6.09 Å². The molecule has 0 spiro atoms. The van der Waals surface area contributed by atoms with Crippen LogP contribution in [0.5, 0.6) is 0 Å². The first-order valence-corrected chi connectivity index (χ1v) is 2.88. The molecule has 0 aliphatic carbocycles. The van der Waals surface area contributed by atoms with E-state index in [2.05, 4.69) is 0 Å². The number of carbonyl (C=O) groups excluding carboxylic acids is 1. The van der Waals surface area contributed by atoms with Crippen LogP contribution in [0.15, 0.2) is 12.3 Å². The van der Waals surface area contributed by atoms with Crippen molar-refractivity contribution >= 4 is 11.9 Å². The Morgan fingerprint density at radius 3 is 2.80 bits per heavy atom. The molecule has 54 valence electrons. The maximum absolute atomic E-state index is 10.6. The fraction of sp³-hybridized carbons (Fsp3) is 0.333. The molecule has 0 aromatic rings. The molecule has 0 aromatic carbocycles. The van der Waals surface area contributed by atoms with Crippen molar-refractivity contribution in [3.63, 3.8) is 0 Å². The third-order valence-corrected chi connectivity index (χ3v) is 1.22. The zero-order chi connectivity index (χ0) is 7.56. The monoisotopic (exact) mass is 141 g/mol. The largest absolute Gasteiger partial charge is 0.465 e. The van der Waals surface area contributed by atoms with E-state index in [4.69, 9.17) is 5.11 Å². The number of ketones is 1. The number of nitrogens with zero attached hydrogens (tertiary/aromatic N) is 1. The Kier molecular flexibility index (Phi) is 1.71. The van der Waals surface area contributed by atoms with Crippen LogP contribution in [0.1, 0.15) is 6.42 Å². The molecule has 1 amide bonds. The molecule has 0 bridgehead atoms. The lowest BCUT2D eigenvalue weighted by molar-refractivity contribution is -0.119. The molecule has 4 nitrogen and oxygen atoms in total. The van der Waals surface area contributed by atoms with E-state index in [1.807, 2.05) is 0 Å². The number of allylic oxidation sites excluding steroid dienone is 1. The van der Waals surface area contributed by atoms with Gasteiger partial charge in [0.1, 0.15) is 0 Å². The second kappa shape index (κ2) is 2.51. The number of amides is 1. The van der Waals surface area contributed by atoms with Crippen molar-refractivity contribution in [3.05, 3.63) is 12.3 Å². The Balaban J connectivity index is 2.64. The van der Waals surface area contributed by atoms with Gasteiger partial charge in [-0.25, -0.2) is 4.79 Å². The number of rotatable bonds is 0. The number of hydrogen-bond acceptors (Lipinski definition) is 2. The summed E-state index contributed by atoms with van der Waals surface area (Å²) in [6.45, 7) is -0.00810. The van der Waals surface area contributed by atoms with Gasteiger partial charge in [0, 0.05) is 12.6 Å². The number of carbonyl (C=O) groups is 2. The van der Waals surface area contributed by atoms with Gasteiger partial charge in [0.15, 0.2) is 5.78 Å². The highest BCUT2D eigenvalue weighted by atomic mass is 16.4. The zero-order valence-corrected chi connectivity index (χ0v) is 5.28. The minimum atomic E-state index is -1.08. The van der Waals surface area contributed by atoms with Gasteiger partial charge in [0.05, 0.1) is 6.54 Å². The van der Waals surface area contributed by atoms with Gasteiger partial charge < -0.3 is 5.11 Å². The first-order valence-electron chi connectivity index (χ1n) is 2.88. The smallest absolute Gasteiger partial charge is 0.411 e. The minimum absolute atomic E-state index is 0.00810. The zero-order valence-electron chi connectivity index (χ0n) is 5.28. The van der Waals surface area contributed by atoms with Gasteiger partial charge in [0.2, 0.25) is 0 Å². The Labute approximate surface area is 57.7 Å². The van der Waals surface area contributed by atoms with Crippen LogP contribution < -0.4 is 0 Å². The fourth-order valence-electron chi connectivity index (χ4n) is 0.750. The minimum Gasteiger partial charge on any atom is -0.465 e. The molecule has 0 radical (unpaired) electrons. The third kappa shape index (κ3) is 1.34. The second-order valence-corrected chi connectivity index (χ2v) is 2.04. The van der Waals surface area contributed by atoms with Crippen molar-refractivity contribution in [2.24, 2.45) is 0 Å². The van der Waals surface area contributed by atoms with Crippen molar-refractivity contribution in [2.75, 3.05) is 6.54 Å². The summed E-state index contributed by atoms with van der Waals surface area (Å²) in [7, 11) is 0. The van der Waals surface area contributed by atoms with Gasteiger partial charge in [-0.15, -0.1) is 0 Å². The molecular weight excluding hydrogens is 134 g/mol. The van der Waals surface area contributed by atoms with Crippen LogP contribution in [0.25, 0.3) is 0 Å². The molecule has 1 N–H and O–H groups in total. The summed E-state index contributed by atoms with van der Waals surface area (Å²) >= 11 is 0. The normalized spacial score (nSPS) is 17.6. The number of Topliss-reactive ketones (excluding diaryl/α,β-unsaturated/α-hetero) is 1. The summed E-state index contributed by atoms with van der Waals surface area (Å²) in [6, 6.07) is 0. The van der Waals surface area contributed by atoms with E-state index >= 15 is 0 Å². The van der Waals surface area contributed by atoms with Crippen molar-refractivity contribution in [2.45, 2.75) is 6.42 Å². The fourth-order valence-corrected chi connectivity index (χ4v) is 0.750. The van der Waals surface area contributed by atoms with Crippen LogP contribution >= 0.6 is 0 Å². The highest BCUT2D eigenvalue weighted by Gasteiger charge is 2.15. The number of carboxylic acid groups (broad SMARTS) is 1. The maximum Gasteiger partial charge on any atom is 0.411 e. The predicted octanol–water partition coefficient (Wildman–Crippen LogP) is 0.453. The van der Waals surface area contributed by atoms with E-state index in [0.717, 1.165) is 4.90 Å². The van der Waals surface area contributed by atoms with Crippen molar-refractivity contribution in [1.82, 2.24) is 4.90 Å². The van der Waals surface area contributed by atoms with Crippen molar-refractivity contribution in [3.8, 4) is 0 Å². The molecular formula is C6H7NO3. The average Bonchev–Trinajstić information content (AvgIpc) is 1.88. The first-order chi connectivity index (χ1) is 4.70. The lowest BCUT2D eigenvalue weighted by Gasteiger charge is -2.15. The van der Waals surface area contributed by atoms with Gasteiger partial charge in [-0.2, -0.15) is 0 Å². The van der Waals surface area contributed by atoms with Crippen LogP contribution in [0.4, 0.5) is 4.79 Å². The predicted molar refractivity (Wildman–Crippen MR) is 33.5 cm³/mol. The Bertz CT molecular complexity index is 197. The molecule has 1 heterocycles. The summed E-state index contributed by atoms with van der Waals surface area (Å²) < 4.78 is 0. The van der Waals surface area contributed by atoms with Gasteiger partial charge in [-0.1, -0.05) is 6.08 Å². The summed E-state index contributed by atoms with van der Waals surface area (Å²) in [5.41, 5.74) is 0. The van der Waals surface area contributed by atoms with E-state index in [1.165, 1.54) is 6.20 Å². The van der Waals surface area contributed by atoms with Gasteiger partial charge in [-0.05, 0) is 0 Å². The molecule has 0 saturated carbocycles. The SMILES string of the molecule is O=C1CC=CN(C(=O)O)C1. The molecule has 1 aliphatic rings. The van der Waals surface area contributed by atoms with E-state index in [0.29, 0.717) is 6.42 Å². The highest BCUT2D eigenvalue weighted by Crippen LogP contribution is 2.01. The standard InChI is InChI=1S/C6H7NO3/c8-5-2-1-3-7(4-5)6(9)10/h1,3H,2,4H2,(H,9,10). The van der Waals surface area contributed by atoms with Gasteiger partial charge in [0.25, 0.3) is 0 Å². The third-order valence-electron chi connectivity index (χ3n) is 1.22. The van der Waals surface area contributed by atoms with E-state index in [9.17, 15) is 9.59 Å². The van der Waals surface area contributed by atoms with Crippen molar-refractivity contribution in [1.29, 1.82) is 0 Å². The molecule has 1 aliphatic heterocycles. The molecule has 0 aromatic heterocycles. The van der Waals surface area contributed by atoms with Gasteiger partial charge in [-0.3, -0.25) is 9.69 Å². The summed E-state index contributed by atoms with van der Waals surface area (Å²) in [5, 5.41) is 8.38. The van der Waals surface area contributed by atoms with Crippen LogP contribution in [0, 0.1) is 0 Å². The Hall–Kier alpha value is -1.32. The van der Waals surface area contributed by atoms with Crippen LogP contribution in [0.2, 0.25) is 0 Å². The first kappa shape index (κ1) is 6.80. The summed E-state index contributed by atoms with van der Waals surface area (Å²) in [4.78, 5) is 21.8. The molecule has 1 rings (SSSR count). The van der Waals surface area contributed by atoms with Crippen LogP contribution in [-0.4, -0.2) is 28.4 Å². The Morgan fingerprint density at radius 2 is 2.40 bits per heavy atom. The Morgan fingerprint density at radius 1 is 1.70 bits per heavy atom. The van der Waals surface area contributed by atoms with E-state index in [-0.39, 0.29) is 12.3 Å². The van der Waals surface area contributed by atoms with Crippen molar-refractivity contribution < 1.29 is 14.7 Å². The second-order valence-electron chi connectivity index (χ2n) is 2.04. The highest BCUT2D eigenvalue weighted by molar-refractivity contribution is 5.86. The van der Waals surface area contributed by atoms with Crippen LogP contribution in [0.3, 0.4) is 0 Å². The molecule has 0 atom stereocenters. The lowest BCUT2D eigenvalue weighted by Crippen LogP contribution is -2.31. The number of hydrogen-bond donors (Lipinski definition) is 1. The molecule has 0 unspecified atom stereocenters. The van der Waals surface area contributed by atoms with E-state index in [1.54, 1.807) is 6.08 Å². The quantitative estimate of drug-likeness (QED) is 0.533. The van der Waals surface area contributed by atoms with Crippen LogP contribution in [-0.2, 0) is 4.79 Å². The summed E-state index contributed by atoms with van der Waals surface area (Å²) in [5.74, 6) is -0.0649. The molecule has 10 heavy (non-hydrogen) atoms. The maximum atomic E-state index is 10.6. The topological polar surface area (TPSA) is 57.6 Å². The molecule has 4 heteroatoms. The van der Waals surface area contributed by atoms with Gasteiger partial charge >= 0.3 is 6.09 Å². The summed E-state index contributed by atoms with van der Waals surface area (Å²) in [6.07, 6.45) is 2.22. The molecule has 0 fully saturated rings. The average molecular weight is 141 g/mol. The molecule has 0 saturated heterocycles. The lowest BCUT2D eigenvalue weighted by atomic mass is 10.2.